The van der Waals surface area contributed by atoms with Crippen molar-refractivity contribution in [2.24, 2.45) is 0 Å². The van der Waals surface area contributed by atoms with Gasteiger partial charge in [0.05, 0.1) is 13.5 Å². The molecule has 0 aromatic heterocycles. The molecule has 7 nitrogen and oxygen atoms in total. The van der Waals surface area contributed by atoms with Crippen LogP contribution in [0.4, 0.5) is 5.69 Å². The minimum Gasteiger partial charge on any atom is -0.497 e. The molecule has 2 N–H and O–H groups in total. The molecule has 3 rings (SSSR count). The zero-order valence-electron chi connectivity index (χ0n) is 15.0. The first-order chi connectivity index (χ1) is 13.1. The molecule has 0 bridgehead atoms. The van der Waals surface area contributed by atoms with Gasteiger partial charge >= 0.3 is 0 Å². The third-order valence-corrected chi connectivity index (χ3v) is 4.36. The number of nitrogens with zero attached hydrogens (tertiary/aromatic N) is 1. The molecule has 1 aliphatic heterocycles. The number of para-hydroxylation sites is 1. The van der Waals surface area contributed by atoms with Crippen LogP contribution >= 0.6 is 0 Å². The SMILES string of the molecule is COc1ccc(C(=O)N2CCNC(=O)[C@H]2CC(=O)Nc2ccccc2)cc1. The first-order valence-electron chi connectivity index (χ1n) is 8.66. The third-order valence-electron chi connectivity index (χ3n) is 4.36. The van der Waals surface area contributed by atoms with E-state index in [1.807, 2.05) is 18.2 Å². The van der Waals surface area contributed by atoms with Crippen molar-refractivity contribution >= 4 is 23.4 Å². The predicted molar refractivity (Wildman–Crippen MR) is 101 cm³/mol. The molecule has 0 spiro atoms. The van der Waals surface area contributed by atoms with Gasteiger partial charge in [-0.15, -0.1) is 0 Å². The van der Waals surface area contributed by atoms with E-state index >= 15 is 0 Å². The highest BCUT2D eigenvalue weighted by Crippen LogP contribution is 2.18. The first kappa shape index (κ1) is 18.4. The van der Waals surface area contributed by atoms with Crippen LogP contribution in [0.2, 0.25) is 0 Å². The van der Waals surface area contributed by atoms with Gasteiger partial charge in [0.25, 0.3) is 5.91 Å². The number of hydrogen-bond acceptors (Lipinski definition) is 4. The molecule has 2 aromatic carbocycles. The van der Waals surface area contributed by atoms with Gasteiger partial charge in [-0.25, -0.2) is 0 Å². The topological polar surface area (TPSA) is 87.7 Å². The average Bonchev–Trinajstić information content (AvgIpc) is 2.70. The minimum atomic E-state index is -0.850. The number of piperazine rings is 1. The van der Waals surface area contributed by atoms with E-state index in [9.17, 15) is 14.4 Å². The number of carbonyl (C=O) groups is 3. The Bertz CT molecular complexity index is 821. The quantitative estimate of drug-likeness (QED) is 0.841. The summed E-state index contributed by atoms with van der Waals surface area (Å²) in [6.45, 7) is 0.706. The van der Waals surface area contributed by atoms with Crippen molar-refractivity contribution in [2.45, 2.75) is 12.5 Å². The van der Waals surface area contributed by atoms with Crippen LogP contribution in [-0.4, -0.2) is 48.9 Å². The Labute approximate surface area is 157 Å². The normalized spacial score (nSPS) is 16.4. The number of methoxy groups -OCH3 is 1. The van der Waals surface area contributed by atoms with E-state index in [2.05, 4.69) is 10.6 Å². The van der Waals surface area contributed by atoms with Crippen molar-refractivity contribution in [2.75, 3.05) is 25.5 Å². The molecular formula is C20H21N3O4. The Hall–Kier alpha value is -3.35. The molecular weight excluding hydrogens is 346 g/mol. The van der Waals surface area contributed by atoms with Crippen LogP contribution in [0.3, 0.4) is 0 Å². The second-order valence-electron chi connectivity index (χ2n) is 6.15. The maximum Gasteiger partial charge on any atom is 0.254 e. The summed E-state index contributed by atoms with van der Waals surface area (Å²) in [5, 5.41) is 5.47. The molecule has 1 fully saturated rings. The van der Waals surface area contributed by atoms with Gasteiger partial charge in [0, 0.05) is 24.3 Å². The number of rotatable bonds is 5. The van der Waals surface area contributed by atoms with Gasteiger partial charge in [-0.05, 0) is 36.4 Å². The van der Waals surface area contributed by atoms with E-state index < -0.39 is 6.04 Å². The molecule has 1 aliphatic rings. The van der Waals surface area contributed by atoms with Crippen molar-refractivity contribution in [3.63, 3.8) is 0 Å². The fraction of sp³-hybridized carbons (Fsp3) is 0.250. The molecule has 27 heavy (non-hydrogen) atoms. The van der Waals surface area contributed by atoms with E-state index in [0.717, 1.165) is 0 Å². The molecule has 0 saturated carbocycles. The highest BCUT2D eigenvalue weighted by atomic mass is 16.5. The molecule has 2 aromatic rings. The Morgan fingerprint density at radius 3 is 2.52 bits per heavy atom. The van der Waals surface area contributed by atoms with Crippen LogP contribution in [0.1, 0.15) is 16.8 Å². The van der Waals surface area contributed by atoms with Crippen molar-refractivity contribution in [3.05, 3.63) is 60.2 Å². The molecule has 3 amide bonds. The molecule has 1 heterocycles. The Morgan fingerprint density at radius 2 is 1.85 bits per heavy atom. The number of nitrogens with one attached hydrogen (secondary N) is 2. The largest absolute Gasteiger partial charge is 0.497 e. The van der Waals surface area contributed by atoms with Gasteiger partial charge in [0.2, 0.25) is 11.8 Å². The van der Waals surface area contributed by atoms with Crippen LogP contribution in [0.15, 0.2) is 54.6 Å². The summed E-state index contributed by atoms with van der Waals surface area (Å²) in [5.74, 6) is -0.297. The number of amides is 3. The molecule has 0 radical (unpaired) electrons. The van der Waals surface area contributed by atoms with Crippen LogP contribution in [-0.2, 0) is 9.59 Å². The lowest BCUT2D eigenvalue weighted by Crippen LogP contribution is -2.58. The number of ether oxygens (including phenoxy) is 1. The Balaban J connectivity index is 1.73. The number of benzene rings is 2. The van der Waals surface area contributed by atoms with Gasteiger partial charge < -0.3 is 20.3 Å². The summed E-state index contributed by atoms with van der Waals surface area (Å²) < 4.78 is 5.10. The summed E-state index contributed by atoms with van der Waals surface area (Å²) in [6.07, 6.45) is -0.109. The van der Waals surface area contributed by atoms with Crippen LogP contribution in [0, 0.1) is 0 Å². The minimum absolute atomic E-state index is 0.109. The first-order valence-corrected chi connectivity index (χ1v) is 8.66. The summed E-state index contributed by atoms with van der Waals surface area (Å²) >= 11 is 0. The maximum absolute atomic E-state index is 12.9. The summed E-state index contributed by atoms with van der Waals surface area (Å²) in [5.41, 5.74) is 1.09. The fourth-order valence-corrected chi connectivity index (χ4v) is 2.97. The zero-order chi connectivity index (χ0) is 19.2. The fourth-order valence-electron chi connectivity index (χ4n) is 2.97. The molecule has 140 valence electrons. The van der Waals surface area contributed by atoms with Crippen LogP contribution < -0.4 is 15.4 Å². The molecule has 1 atom stereocenters. The van der Waals surface area contributed by atoms with Gasteiger partial charge in [0.1, 0.15) is 11.8 Å². The number of hydrogen-bond donors (Lipinski definition) is 2. The highest BCUT2D eigenvalue weighted by molar-refractivity contribution is 6.01. The monoisotopic (exact) mass is 367 g/mol. The summed E-state index contributed by atoms with van der Waals surface area (Å²) in [6, 6.07) is 14.8. The predicted octanol–water partition coefficient (Wildman–Crippen LogP) is 1.66. The van der Waals surface area contributed by atoms with E-state index in [-0.39, 0.29) is 24.1 Å². The van der Waals surface area contributed by atoms with Crippen LogP contribution in [0.25, 0.3) is 0 Å². The lowest BCUT2D eigenvalue weighted by molar-refractivity contribution is -0.131. The standard InChI is InChI=1S/C20H21N3O4/c1-27-16-9-7-14(8-10-16)20(26)23-12-11-21-19(25)17(23)13-18(24)22-15-5-3-2-4-6-15/h2-10,17H,11-13H2,1H3,(H,21,25)(H,22,24)/t17-/m1/s1. The molecule has 1 saturated heterocycles. The van der Waals surface area contributed by atoms with Gasteiger partial charge in [-0.3, -0.25) is 14.4 Å². The second kappa shape index (κ2) is 8.35. The van der Waals surface area contributed by atoms with Crippen molar-refractivity contribution in [3.8, 4) is 5.75 Å². The van der Waals surface area contributed by atoms with E-state index in [1.165, 1.54) is 4.90 Å². The van der Waals surface area contributed by atoms with Crippen molar-refractivity contribution in [1.82, 2.24) is 10.2 Å². The lowest BCUT2D eigenvalue weighted by Gasteiger charge is -2.34. The van der Waals surface area contributed by atoms with E-state index in [0.29, 0.717) is 30.1 Å². The number of anilines is 1. The van der Waals surface area contributed by atoms with Gasteiger partial charge in [-0.1, -0.05) is 18.2 Å². The van der Waals surface area contributed by atoms with Gasteiger partial charge in [0.15, 0.2) is 0 Å². The average molecular weight is 367 g/mol. The second-order valence-corrected chi connectivity index (χ2v) is 6.15. The maximum atomic E-state index is 12.9. The Morgan fingerprint density at radius 1 is 1.15 bits per heavy atom. The van der Waals surface area contributed by atoms with E-state index in [4.69, 9.17) is 4.74 Å². The van der Waals surface area contributed by atoms with Crippen molar-refractivity contribution < 1.29 is 19.1 Å². The number of carbonyl (C=O) groups excluding carboxylic acids is 3. The summed E-state index contributed by atoms with van der Waals surface area (Å²) in [4.78, 5) is 39.0. The van der Waals surface area contributed by atoms with Gasteiger partial charge in [-0.2, -0.15) is 0 Å². The third kappa shape index (κ3) is 4.44. The Kier molecular flexibility index (Phi) is 5.71. The molecule has 0 aliphatic carbocycles. The lowest BCUT2D eigenvalue weighted by atomic mass is 10.1. The highest BCUT2D eigenvalue weighted by Gasteiger charge is 2.35. The van der Waals surface area contributed by atoms with Crippen molar-refractivity contribution in [1.29, 1.82) is 0 Å². The smallest absolute Gasteiger partial charge is 0.254 e. The molecule has 0 unspecified atom stereocenters. The van der Waals surface area contributed by atoms with Crippen LogP contribution in [0.5, 0.6) is 5.75 Å². The van der Waals surface area contributed by atoms with E-state index in [1.54, 1.807) is 43.5 Å². The zero-order valence-corrected chi connectivity index (χ0v) is 15.0. The molecule has 7 heteroatoms. The summed E-state index contributed by atoms with van der Waals surface area (Å²) in [7, 11) is 1.55.